The van der Waals surface area contributed by atoms with Gasteiger partial charge in [0.2, 0.25) is 27.6 Å². The molecule has 0 radical (unpaired) electrons. The molecular weight excluding hydrogens is 673 g/mol. The Labute approximate surface area is 305 Å². The van der Waals surface area contributed by atoms with E-state index in [4.69, 9.17) is 0 Å². The molecule has 1 unspecified atom stereocenters. The first-order valence-corrected chi connectivity index (χ1v) is 20.7. The summed E-state index contributed by atoms with van der Waals surface area (Å²) in [7, 11) is -3.42. The standard InChI is InChI=1S/C37H64N6O7S/c1-8-10-18-28(32(44)34(46)38-20-9-2)39-33(45)31-27(25(3)4)19-22-43(31)35(47)30(26-16-12-11-13-17-26)41-36(48)40-29(37(5,6)7)24-42-21-14-15-23-51(42,49)50/h9,25-31H,2,8,10-24H2,1,3-7H3,(H,38,46)(H,39,45)(H2,40,41,48)/t27-,28?,29-,30+,31+/m1/s1. The largest absolute Gasteiger partial charge is 0.346 e. The molecule has 5 amide bonds. The van der Waals surface area contributed by atoms with Gasteiger partial charge in [0.05, 0.1) is 11.8 Å². The highest BCUT2D eigenvalue weighted by atomic mass is 32.2. The molecule has 0 aromatic carbocycles. The normalized spacial score (nSPS) is 23.2. The summed E-state index contributed by atoms with van der Waals surface area (Å²) in [6.07, 6.45) is 9.47. The molecule has 14 heteroatoms. The van der Waals surface area contributed by atoms with E-state index in [2.05, 4.69) is 27.8 Å². The van der Waals surface area contributed by atoms with Gasteiger partial charge in [-0.25, -0.2) is 13.2 Å². The second-order valence-corrected chi connectivity index (χ2v) is 18.1. The van der Waals surface area contributed by atoms with Gasteiger partial charge in [-0.3, -0.25) is 19.2 Å². The van der Waals surface area contributed by atoms with Gasteiger partial charge in [-0.1, -0.05) is 79.7 Å². The molecule has 1 saturated carbocycles. The molecule has 4 N–H and O–H groups in total. The Morgan fingerprint density at radius 2 is 1.61 bits per heavy atom. The lowest BCUT2D eigenvalue weighted by atomic mass is 9.82. The smallest absolute Gasteiger partial charge is 0.315 e. The Morgan fingerprint density at radius 1 is 0.922 bits per heavy atom. The second-order valence-electron chi connectivity index (χ2n) is 16.0. The number of nitrogens with zero attached hydrogens (tertiary/aromatic N) is 2. The molecule has 0 spiro atoms. The van der Waals surface area contributed by atoms with Crippen LogP contribution in [0.25, 0.3) is 0 Å². The van der Waals surface area contributed by atoms with E-state index >= 15 is 0 Å². The number of likely N-dealkylation sites (tertiary alicyclic amines) is 1. The number of Topliss-reactive ketones (excluding diaryl/α,β-unsaturated/α-hetero) is 1. The number of amides is 5. The number of unbranched alkanes of at least 4 members (excludes halogenated alkanes) is 1. The van der Waals surface area contributed by atoms with E-state index in [0.717, 1.165) is 44.9 Å². The Kier molecular flexibility index (Phi) is 16.0. The summed E-state index contributed by atoms with van der Waals surface area (Å²) in [6, 6.07) is -3.89. The first kappa shape index (κ1) is 42.4. The SMILES string of the molecule is C=CCNC(=O)C(=O)C(CCCC)NC(=O)[C@@H]1[C@@H](C(C)C)CCN1C(=O)[C@@H](NC(=O)N[C@H](CN1CCCCS1(=O)=O)C(C)(C)C)C1CCCCC1. The molecule has 3 fully saturated rings. The summed E-state index contributed by atoms with van der Waals surface area (Å²) in [5, 5.41) is 11.4. The summed E-state index contributed by atoms with van der Waals surface area (Å²) in [6.45, 7) is 16.3. The second kappa shape index (κ2) is 19.2. The molecule has 5 atom stereocenters. The molecule has 2 heterocycles. The van der Waals surface area contributed by atoms with Gasteiger partial charge in [-0.15, -0.1) is 6.58 Å². The highest BCUT2D eigenvalue weighted by Crippen LogP contribution is 2.34. The fourth-order valence-electron chi connectivity index (χ4n) is 7.60. The monoisotopic (exact) mass is 736 g/mol. The number of nitrogens with one attached hydrogen (secondary N) is 4. The number of rotatable bonds is 16. The van der Waals surface area contributed by atoms with Gasteiger partial charge in [0.25, 0.3) is 5.91 Å². The van der Waals surface area contributed by atoms with Crippen molar-refractivity contribution in [1.29, 1.82) is 0 Å². The molecule has 2 aliphatic heterocycles. The Bertz CT molecular complexity index is 1340. The van der Waals surface area contributed by atoms with E-state index in [1.54, 1.807) is 4.90 Å². The minimum atomic E-state index is -3.42. The van der Waals surface area contributed by atoms with Gasteiger partial charge >= 0.3 is 6.03 Å². The van der Waals surface area contributed by atoms with Gasteiger partial charge in [-0.2, -0.15) is 4.31 Å². The predicted molar refractivity (Wildman–Crippen MR) is 198 cm³/mol. The van der Waals surface area contributed by atoms with Crippen LogP contribution in [0.1, 0.15) is 112 Å². The average Bonchev–Trinajstić information content (AvgIpc) is 3.54. The maximum Gasteiger partial charge on any atom is 0.315 e. The Balaban J connectivity index is 1.87. The fourth-order valence-corrected chi connectivity index (χ4v) is 9.21. The van der Waals surface area contributed by atoms with Crippen LogP contribution in [0.4, 0.5) is 4.79 Å². The van der Waals surface area contributed by atoms with Crippen molar-refractivity contribution in [2.24, 2.45) is 23.2 Å². The first-order valence-electron chi connectivity index (χ1n) is 19.1. The molecular formula is C37H64N6O7S. The number of hydrogen-bond donors (Lipinski definition) is 4. The molecule has 3 rings (SSSR count). The van der Waals surface area contributed by atoms with Crippen LogP contribution in [-0.4, -0.2) is 103 Å². The Morgan fingerprint density at radius 3 is 2.20 bits per heavy atom. The topological polar surface area (TPSA) is 174 Å². The van der Waals surface area contributed by atoms with Gasteiger partial charge in [0.1, 0.15) is 12.1 Å². The number of carbonyl (C=O) groups is 5. The Hall–Kier alpha value is -3.00. The maximum absolute atomic E-state index is 14.6. The van der Waals surface area contributed by atoms with E-state index in [9.17, 15) is 32.4 Å². The molecule has 290 valence electrons. The summed E-state index contributed by atoms with van der Waals surface area (Å²) in [5.74, 6) is -2.55. The number of carbonyl (C=O) groups excluding carboxylic acids is 5. The minimum absolute atomic E-state index is 0.0437. The molecule has 2 saturated heterocycles. The van der Waals surface area contributed by atoms with E-state index in [1.807, 2.05) is 41.5 Å². The van der Waals surface area contributed by atoms with Gasteiger partial charge < -0.3 is 26.2 Å². The van der Waals surface area contributed by atoms with Crippen molar-refractivity contribution in [2.45, 2.75) is 136 Å². The number of ketones is 1. The lowest BCUT2D eigenvalue weighted by molar-refractivity contribution is -0.144. The van der Waals surface area contributed by atoms with Crippen molar-refractivity contribution >= 4 is 39.6 Å². The summed E-state index contributed by atoms with van der Waals surface area (Å²) in [5.41, 5.74) is -0.481. The number of sulfonamides is 1. The third kappa shape index (κ3) is 11.8. The number of urea groups is 1. The molecule has 0 aromatic rings. The van der Waals surface area contributed by atoms with Crippen molar-refractivity contribution in [3.8, 4) is 0 Å². The highest BCUT2D eigenvalue weighted by Gasteiger charge is 2.47. The van der Waals surface area contributed by atoms with Crippen LogP contribution in [0.2, 0.25) is 0 Å². The van der Waals surface area contributed by atoms with Crippen LogP contribution in [0.3, 0.4) is 0 Å². The van der Waals surface area contributed by atoms with E-state index < -0.39 is 63.2 Å². The van der Waals surface area contributed by atoms with Crippen molar-refractivity contribution in [2.75, 3.05) is 31.9 Å². The van der Waals surface area contributed by atoms with Crippen LogP contribution < -0.4 is 21.3 Å². The van der Waals surface area contributed by atoms with Crippen molar-refractivity contribution in [3.63, 3.8) is 0 Å². The van der Waals surface area contributed by atoms with Crippen LogP contribution in [0.15, 0.2) is 12.7 Å². The van der Waals surface area contributed by atoms with Crippen LogP contribution in [-0.2, 0) is 29.2 Å². The van der Waals surface area contributed by atoms with Crippen molar-refractivity contribution in [3.05, 3.63) is 12.7 Å². The van der Waals surface area contributed by atoms with Crippen LogP contribution >= 0.6 is 0 Å². The average molecular weight is 737 g/mol. The molecule has 0 bridgehead atoms. The molecule has 13 nitrogen and oxygen atoms in total. The first-order chi connectivity index (χ1) is 24.0. The molecule has 1 aliphatic carbocycles. The summed E-state index contributed by atoms with van der Waals surface area (Å²) < 4.78 is 27.1. The van der Waals surface area contributed by atoms with Crippen LogP contribution in [0, 0.1) is 23.2 Å². The molecule has 0 aromatic heterocycles. The van der Waals surface area contributed by atoms with Crippen LogP contribution in [0.5, 0.6) is 0 Å². The highest BCUT2D eigenvalue weighted by molar-refractivity contribution is 7.89. The van der Waals surface area contributed by atoms with Gasteiger partial charge in [0.15, 0.2) is 0 Å². The van der Waals surface area contributed by atoms with E-state index in [1.165, 1.54) is 10.4 Å². The zero-order valence-electron chi connectivity index (χ0n) is 31.8. The summed E-state index contributed by atoms with van der Waals surface area (Å²) >= 11 is 0. The van der Waals surface area contributed by atoms with E-state index in [0.29, 0.717) is 32.4 Å². The zero-order chi connectivity index (χ0) is 37.9. The molecule has 51 heavy (non-hydrogen) atoms. The minimum Gasteiger partial charge on any atom is -0.346 e. The number of hydrogen-bond acceptors (Lipinski definition) is 7. The van der Waals surface area contributed by atoms with E-state index in [-0.39, 0.29) is 48.9 Å². The van der Waals surface area contributed by atoms with Crippen molar-refractivity contribution in [1.82, 2.24) is 30.5 Å². The van der Waals surface area contributed by atoms with Crippen molar-refractivity contribution < 1.29 is 32.4 Å². The third-order valence-electron chi connectivity index (χ3n) is 10.8. The summed E-state index contributed by atoms with van der Waals surface area (Å²) in [4.78, 5) is 69.9. The quantitative estimate of drug-likeness (QED) is 0.139. The lowest BCUT2D eigenvalue weighted by Gasteiger charge is -2.38. The third-order valence-corrected chi connectivity index (χ3v) is 12.7. The van der Waals surface area contributed by atoms with Gasteiger partial charge in [-0.05, 0) is 61.7 Å². The molecule has 3 aliphatic rings. The maximum atomic E-state index is 14.6. The fraction of sp³-hybridized carbons (Fsp3) is 0.811. The predicted octanol–water partition coefficient (Wildman–Crippen LogP) is 3.49. The zero-order valence-corrected chi connectivity index (χ0v) is 32.6. The lowest BCUT2D eigenvalue weighted by Crippen LogP contribution is -2.61. The van der Waals surface area contributed by atoms with Gasteiger partial charge in [0, 0.05) is 32.2 Å².